The smallest absolute Gasteiger partial charge is 0.252 e. The minimum atomic E-state index is -0.0470. The van der Waals surface area contributed by atoms with Crippen LogP contribution < -0.4 is 10.5 Å². The first-order chi connectivity index (χ1) is 14.8. The van der Waals surface area contributed by atoms with Crippen molar-refractivity contribution in [2.75, 3.05) is 31.2 Å². The molecule has 0 aliphatic carbocycles. The minimum absolute atomic E-state index is 0.0470. The van der Waals surface area contributed by atoms with Crippen LogP contribution in [0.25, 0.3) is 0 Å². The van der Waals surface area contributed by atoms with Crippen LogP contribution in [0.4, 0.5) is 5.95 Å². The minimum Gasteiger partial charge on any atom is -0.378 e. The summed E-state index contributed by atoms with van der Waals surface area (Å²) in [4.78, 5) is 21.6. The van der Waals surface area contributed by atoms with Gasteiger partial charge in [0.15, 0.2) is 0 Å². The number of hydrogen-bond donors (Lipinski definition) is 1. The molecule has 2 heterocycles. The van der Waals surface area contributed by atoms with Crippen molar-refractivity contribution < 1.29 is 4.74 Å². The zero-order valence-electron chi connectivity index (χ0n) is 19.2. The van der Waals surface area contributed by atoms with Gasteiger partial charge in [-0.15, -0.1) is 0 Å². The van der Waals surface area contributed by atoms with E-state index in [1.54, 1.807) is 6.07 Å². The van der Waals surface area contributed by atoms with Crippen LogP contribution >= 0.6 is 0 Å². The van der Waals surface area contributed by atoms with Gasteiger partial charge in [0, 0.05) is 24.8 Å². The molecule has 1 aliphatic rings. The summed E-state index contributed by atoms with van der Waals surface area (Å²) in [6.07, 6.45) is 22.6. The molecule has 0 unspecified atom stereocenters. The summed E-state index contributed by atoms with van der Waals surface area (Å²) in [7, 11) is 0. The highest BCUT2D eigenvalue weighted by Gasteiger charge is 2.14. The van der Waals surface area contributed by atoms with Crippen molar-refractivity contribution >= 4 is 5.95 Å². The molecule has 1 N–H and O–H groups in total. The van der Waals surface area contributed by atoms with Gasteiger partial charge in [0.2, 0.25) is 5.95 Å². The first-order valence-electron chi connectivity index (χ1n) is 12.4. The van der Waals surface area contributed by atoms with Crippen LogP contribution in [0, 0.1) is 0 Å². The summed E-state index contributed by atoms with van der Waals surface area (Å²) in [5.41, 5.74) is 0.868. The Morgan fingerprint density at radius 1 is 0.933 bits per heavy atom. The molecule has 30 heavy (non-hydrogen) atoms. The molecule has 0 atom stereocenters. The summed E-state index contributed by atoms with van der Waals surface area (Å²) < 4.78 is 5.38. The quantitative estimate of drug-likeness (QED) is 0.273. The first-order valence-corrected chi connectivity index (χ1v) is 12.4. The van der Waals surface area contributed by atoms with E-state index < -0.39 is 0 Å². The molecular weight excluding hydrogens is 374 g/mol. The van der Waals surface area contributed by atoms with Crippen molar-refractivity contribution in [2.45, 2.75) is 96.8 Å². The first kappa shape index (κ1) is 24.6. The Morgan fingerprint density at radius 3 is 2.20 bits per heavy atom. The van der Waals surface area contributed by atoms with E-state index >= 15 is 0 Å². The number of allylic oxidation sites excluding steroid dienone is 2. The third-order valence-corrected chi connectivity index (χ3v) is 5.79. The van der Waals surface area contributed by atoms with Crippen LogP contribution in [0.5, 0.6) is 0 Å². The number of aromatic nitrogens is 2. The Labute approximate surface area is 183 Å². The zero-order valence-corrected chi connectivity index (χ0v) is 19.2. The molecule has 1 saturated heterocycles. The molecule has 5 nitrogen and oxygen atoms in total. The largest absolute Gasteiger partial charge is 0.378 e. The SMILES string of the molecule is CCCCCCCCC=CCCCCCCCc1cc(=O)[nH]c(N2CCOCC2)n1. The van der Waals surface area contributed by atoms with Crippen molar-refractivity contribution in [3.63, 3.8) is 0 Å². The van der Waals surface area contributed by atoms with Crippen LogP contribution in [-0.2, 0) is 11.2 Å². The van der Waals surface area contributed by atoms with E-state index in [0.29, 0.717) is 19.2 Å². The summed E-state index contributed by atoms with van der Waals surface area (Å²) in [5.74, 6) is 0.702. The molecule has 2 rings (SSSR count). The Morgan fingerprint density at radius 2 is 1.53 bits per heavy atom. The fourth-order valence-electron chi connectivity index (χ4n) is 3.92. The van der Waals surface area contributed by atoms with Crippen LogP contribution in [0.15, 0.2) is 23.0 Å². The lowest BCUT2D eigenvalue weighted by Gasteiger charge is -2.27. The fraction of sp³-hybridized carbons (Fsp3) is 0.760. The molecule has 0 radical (unpaired) electrons. The molecule has 0 amide bonds. The van der Waals surface area contributed by atoms with Crippen molar-refractivity contribution in [3.05, 3.63) is 34.3 Å². The van der Waals surface area contributed by atoms with Gasteiger partial charge >= 0.3 is 0 Å². The second kappa shape index (κ2) is 16.1. The lowest BCUT2D eigenvalue weighted by molar-refractivity contribution is 0.122. The number of nitrogens with zero attached hydrogens (tertiary/aromatic N) is 2. The summed E-state index contributed by atoms with van der Waals surface area (Å²) in [6, 6.07) is 1.65. The standard InChI is InChI=1S/C25H43N3O2/c1-2-3-4-5-6-7-8-9-10-11-12-13-14-15-16-17-23-22-24(29)27-25(26-23)28-18-20-30-21-19-28/h9-10,22H,2-8,11-21H2,1H3,(H,26,27,29). The second-order valence-corrected chi connectivity index (χ2v) is 8.49. The lowest BCUT2D eigenvalue weighted by Crippen LogP contribution is -2.38. The molecule has 0 spiro atoms. The molecule has 0 bridgehead atoms. The fourth-order valence-corrected chi connectivity index (χ4v) is 3.92. The number of ether oxygens (including phenoxy) is 1. The molecule has 170 valence electrons. The Hall–Kier alpha value is -1.62. The van der Waals surface area contributed by atoms with Crippen LogP contribution in [0.1, 0.15) is 96.1 Å². The van der Waals surface area contributed by atoms with E-state index in [1.807, 2.05) is 0 Å². The maximum Gasteiger partial charge on any atom is 0.252 e. The molecule has 1 fully saturated rings. The molecule has 1 aromatic heterocycles. The van der Waals surface area contributed by atoms with E-state index in [1.165, 1.54) is 77.0 Å². The maximum atomic E-state index is 12.0. The van der Waals surface area contributed by atoms with Gasteiger partial charge in [-0.2, -0.15) is 0 Å². The van der Waals surface area contributed by atoms with Gasteiger partial charge in [0.05, 0.1) is 13.2 Å². The summed E-state index contributed by atoms with van der Waals surface area (Å²) >= 11 is 0. The molecule has 1 aliphatic heterocycles. The van der Waals surface area contributed by atoms with Gasteiger partial charge in [-0.1, -0.05) is 70.4 Å². The number of unbranched alkanes of at least 4 members (excludes halogenated alkanes) is 11. The van der Waals surface area contributed by atoms with Gasteiger partial charge < -0.3 is 9.64 Å². The summed E-state index contributed by atoms with van der Waals surface area (Å²) in [5, 5.41) is 0. The predicted molar refractivity (Wildman–Crippen MR) is 126 cm³/mol. The monoisotopic (exact) mass is 417 g/mol. The van der Waals surface area contributed by atoms with Gasteiger partial charge in [-0.3, -0.25) is 9.78 Å². The average molecular weight is 418 g/mol. The maximum absolute atomic E-state index is 12.0. The van der Waals surface area contributed by atoms with E-state index in [4.69, 9.17) is 4.74 Å². The highest BCUT2D eigenvalue weighted by molar-refractivity contribution is 5.30. The highest BCUT2D eigenvalue weighted by Crippen LogP contribution is 2.12. The topological polar surface area (TPSA) is 58.2 Å². The number of rotatable bonds is 16. The number of nitrogens with one attached hydrogen (secondary N) is 1. The number of aryl methyl sites for hydroxylation is 1. The Kier molecular flexibility index (Phi) is 13.2. The molecule has 0 aromatic carbocycles. The number of H-pyrrole nitrogens is 1. The van der Waals surface area contributed by atoms with Crippen molar-refractivity contribution in [3.8, 4) is 0 Å². The number of aromatic amines is 1. The van der Waals surface area contributed by atoms with Crippen molar-refractivity contribution in [1.82, 2.24) is 9.97 Å². The van der Waals surface area contributed by atoms with E-state index in [2.05, 4.69) is 33.9 Å². The zero-order chi connectivity index (χ0) is 21.3. The van der Waals surface area contributed by atoms with E-state index in [9.17, 15) is 4.79 Å². The van der Waals surface area contributed by atoms with Crippen molar-refractivity contribution in [1.29, 1.82) is 0 Å². The lowest BCUT2D eigenvalue weighted by atomic mass is 10.1. The van der Waals surface area contributed by atoms with Crippen LogP contribution in [0.2, 0.25) is 0 Å². The molecule has 1 aromatic rings. The van der Waals surface area contributed by atoms with E-state index in [-0.39, 0.29) is 5.56 Å². The van der Waals surface area contributed by atoms with Crippen LogP contribution in [-0.4, -0.2) is 36.3 Å². The number of morpholine rings is 1. The van der Waals surface area contributed by atoms with Gasteiger partial charge in [0.1, 0.15) is 0 Å². The highest BCUT2D eigenvalue weighted by atomic mass is 16.5. The Balaban J connectivity index is 1.48. The van der Waals surface area contributed by atoms with Crippen LogP contribution in [0.3, 0.4) is 0 Å². The second-order valence-electron chi connectivity index (χ2n) is 8.49. The molecule has 5 heteroatoms. The van der Waals surface area contributed by atoms with Gasteiger partial charge in [-0.25, -0.2) is 4.98 Å². The Bertz CT molecular complexity index is 636. The van der Waals surface area contributed by atoms with E-state index in [0.717, 1.165) is 31.6 Å². The van der Waals surface area contributed by atoms with Gasteiger partial charge in [-0.05, 0) is 38.5 Å². The predicted octanol–water partition coefficient (Wildman–Crippen LogP) is 5.80. The molecular formula is C25H43N3O2. The third-order valence-electron chi connectivity index (χ3n) is 5.79. The molecule has 0 saturated carbocycles. The summed E-state index contributed by atoms with van der Waals surface area (Å²) in [6.45, 7) is 5.25. The number of anilines is 1. The van der Waals surface area contributed by atoms with Gasteiger partial charge in [0.25, 0.3) is 5.56 Å². The number of hydrogen-bond acceptors (Lipinski definition) is 4. The average Bonchev–Trinajstić information content (AvgIpc) is 2.76. The van der Waals surface area contributed by atoms with Crippen molar-refractivity contribution in [2.24, 2.45) is 0 Å². The normalized spacial score (nSPS) is 14.6. The third kappa shape index (κ3) is 11.0.